The number of aliphatic hydroxyl groups is 2. The quantitative estimate of drug-likeness (QED) is 0.0323. The van der Waals surface area contributed by atoms with Crippen LogP contribution in [0.3, 0.4) is 0 Å². The van der Waals surface area contributed by atoms with Crippen molar-refractivity contribution in [1.82, 2.24) is 69.0 Å². The van der Waals surface area contributed by atoms with Crippen molar-refractivity contribution in [2.45, 2.75) is 250 Å². The molecule has 4 aromatic rings. The first-order chi connectivity index (χ1) is 51.9. The van der Waals surface area contributed by atoms with E-state index >= 15 is 14.4 Å². The van der Waals surface area contributed by atoms with Crippen molar-refractivity contribution in [2.24, 2.45) is 23.3 Å². The third kappa shape index (κ3) is 28.9. The summed E-state index contributed by atoms with van der Waals surface area (Å²) in [5, 5.41) is 58.2. The minimum absolute atomic E-state index is 0.0221. The van der Waals surface area contributed by atoms with Crippen LogP contribution >= 0.6 is 0 Å². The van der Waals surface area contributed by atoms with E-state index in [1.165, 1.54) is 65.8 Å². The number of hydrogen-bond donors (Lipinski definition) is 18. The van der Waals surface area contributed by atoms with E-state index < -0.39 is 180 Å². The number of aromatic amines is 1. The average molecular weight is 1530 g/mol. The lowest BCUT2D eigenvalue weighted by Gasteiger charge is -2.33. The Labute approximate surface area is 641 Å². The molecule has 20 N–H and O–H groups in total. The molecule has 5 rings (SSSR count). The molecule has 0 radical (unpaired) electrons. The van der Waals surface area contributed by atoms with Crippen molar-refractivity contribution in [3.05, 3.63) is 114 Å². The van der Waals surface area contributed by atoms with Gasteiger partial charge in [0.05, 0.1) is 24.8 Å². The smallest absolute Gasteiger partial charge is 0.246 e. The van der Waals surface area contributed by atoms with E-state index in [-0.39, 0.29) is 62.5 Å². The predicted molar refractivity (Wildman–Crippen MR) is 409 cm³/mol. The lowest BCUT2D eigenvalue weighted by atomic mass is 9.91. The summed E-state index contributed by atoms with van der Waals surface area (Å²) in [6.07, 6.45) is 5.78. The summed E-state index contributed by atoms with van der Waals surface area (Å²) in [5.74, 6) is -13.3. The molecule has 2 unspecified atom stereocenters. The third-order valence-corrected chi connectivity index (χ3v) is 19.0. The molecule has 2 heterocycles. The number of carbonyl (C=O) groups is 14. The number of aromatic hydroxyl groups is 1. The summed E-state index contributed by atoms with van der Waals surface area (Å²) >= 11 is 0. The fourth-order valence-electron chi connectivity index (χ4n) is 12.5. The molecular weight excluding hydrogens is 1420 g/mol. The highest BCUT2D eigenvalue weighted by atomic mass is 16.3. The van der Waals surface area contributed by atoms with Gasteiger partial charge in [-0.05, 0) is 139 Å². The molecule has 0 saturated carbocycles. The lowest BCUT2D eigenvalue weighted by Crippen LogP contribution is -2.65. The van der Waals surface area contributed by atoms with Crippen molar-refractivity contribution in [3.63, 3.8) is 0 Å². The normalized spacial score (nSPS) is 23.4. The Morgan fingerprint density at radius 3 is 1.80 bits per heavy atom. The molecule has 1 aliphatic heterocycles. The number of benzene rings is 3. The van der Waals surface area contributed by atoms with Crippen LogP contribution < -0.4 is 75.5 Å². The number of phenols is 1. The Kier molecular flexibility index (Phi) is 35.8. The van der Waals surface area contributed by atoms with Gasteiger partial charge in [0.25, 0.3) is 0 Å². The Morgan fingerprint density at radius 1 is 0.591 bits per heavy atom. The van der Waals surface area contributed by atoms with Gasteiger partial charge >= 0.3 is 0 Å². The number of primary amides is 2. The number of hydrogen-bond acceptors (Lipinski definition) is 19. The maximum atomic E-state index is 15.1. The lowest BCUT2D eigenvalue weighted by molar-refractivity contribution is -0.141. The summed E-state index contributed by atoms with van der Waals surface area (Å²) in [6.45, 7) is 14.3. The van der Waals surface area contributed by atoms with Gasteiger partial charge in [0.1, 0.15) is 65.2 Å². The number of nitrogens with one attached hydrogen (secondary N) is 13. The standard InChI is InChI=1S/C78H113N15O17/c1-44(2)37-57-66(100)65(99)56(33-34-63(79)98)85-68(102)46(5)82-70(104)61(41-52-42-81-55-28-22-21-27-54(52)55)87-71(105)59(40-51-29-31-53(97)32-30-51)86-69(103)47(6)83-75(109)77(9,35-23-16-14-12-11-13-15-17-24-36-78(10,93-92-57)76(110)89-62(43-94)67(80)101)91-73(107)60(39-50-25-19-18-20-26-50)88-74(108)64(48(7)95)90-72(106)58(38-45(3)4)84-49(8)96/h13,15,18-22,25-32,42,44-48,56-62,64,81,92-95,97H,11-12,14,16-17,23-24,33-41,43H2,1-10H3,(H2,79,98)(H2,80,101)(H,82,104)(H,83,109)(H,84,96)(H,85,102)(H,86,103)(H,87,105)(H,88,108)(H,89,110)(H,90,106)(H,91,107)/b15-13+/t46?,47?,48-,56+,57+,58+,59+,60+,61+,62+,64+,77-,78+/m1/s1. The van der Waals surface area contributed by atoms with Gasteiger partial charge in [-0.1, -0.05) is 120 Å². The fraction of sp³-hybridized carbons (Fsp3) is 0.538. The topological polar surface area (TPSA) is 512 Å². The van der Waals surface area contributed by atoms with E-state index in [0.29, 0.717) is 72.5 Å². The summed E-state index contributed by atoms with van der Waals surface area (Å²) in [7, 11) is 0. The Morgan fingerprint density at radius 2 is 1.18 bits per heavy atom. The summed E-state index contributed by atoms with van der Waals surface area (Å²) in [4.78, 5) is 200. The number of H-pyrrole nitrogens is 1. The van der Waals surface area contributed by atoms with Crippen molar-refractivity contribution < 1.29 is 82.4 Å². The number of Topliss-reactive ketones (excluding diaryl/α,β-unsaturated/α-hetero) is 2. The summed E-state index contributed by atoms with van der Waals surface area (Å²) in [6, 6.07) is 6.35. The maximum Gasteiger partial charge on any atom is 0.246 e. The Bertz CT molecular complexity index is 3870. The van der Waals surface area contributed by atoms with Gasteiger partial charge in [-0.2, -0.15) is 0 Å². The van der Waals surface area contributed by atoms with Gasteiger partial charge in [-0.15, -0.1) is 0 Å². The molecule has 0 saturated heterocycles. The number of carbonyl (C=O) groups excluding carboxylic acids is 14. The third-order valence-electron chi connectivity index (χ3n) is 19.0. The first kappa shape index (κ1) is 90.2. The number of fused-ring (bicyclic) bond motifs is 1. The number of aliphatic hydroxyl groups excluding tert-OH is 2. The molecule has 13 atom stereocenters. The largest absolute Gasteiger partial charge is 0.508 e. The zero-order valence-corrected chi connectivity index (χ0v) is 64.5. The number of phenolic OH excluding ortho intramolecular Hbond substituents is 1. The van der Waals surface area contributed by atoms with E-state index in [4.69, 9.17) is 11.5 Å². The van der Waals surface area contributed by atoms with Gasteiger partial charge in [-0.3, -0.25) is 67.1 Å². The number of rotatable bonds is 25. The second-order valence-corrected chi connectivity index (χ2v) is 29.7. The van der Waals surface area contributed by atoms with Crippen LogP contribution in [0.1, 0.15) is 169 Å². The molecular formula is C78H113N15O17. The van der Waals surface area contributed by atoms with Crippen LogP contribution in [0.5, 0.6) is 5.75 Å². The fourth-order valence-corrected chi connectivity index (χ4v) is 12.5. The zero-order valence-electron chi connectivity index (χ0n) is 64.5. The minimum atomic E-state index is -1.87. The molecule has 110 heavy (non-hydrogen) atoms. The van der Waals surface area contributed by atoms with Gasteiger partial charge in [0.15, 0.2) is 0 Å². The molecule has 602 valence electrons. The van der Waals surface area contributed by atoms with E-state index in [0.717, 1.165) is 0 Å². The SMILES string of the molecule is CC(=O)N[C@@H](CC(C)C)C(=O)N[C@H](C(=O)N[C@@H](Cc1ccccc1)C(=O)N[C@]1(C)CCCCCC/C=C/CCC[C@@](C)(C(=O)N[C@@H](CO)C(N)=O)NN[C@@H](CC(C)C)C(=O)C(=O)[C@H](CCC(N)=O)NC(=O)C(C)NC(=O)[C@H](Cc2c[nH]c3ccccc23)NC(=O)[C@H](Cc2ccc(O)cc2)NC(=O)C(C)NC1=O)[C@@H](C)O. The molecule has 32 nitrogen and oxygen atoms in total. The second-order valence-electron chi connectivity index (χ2n) is 29.7. The molecule has 12 amide bonds. The maximum absolute atomic E-state index is 15.1. The van der Waals surface area contributed by atoms with Crippen molar-refractivity contribution >= 4 is 93.4 Å². The average Bonchev–Trinajstić information content (AvgIpc) is 1.41. The van der Waals surface area contributed by atoms with Crippen LogP contribution in [-0.2, 0) is 86.4 Å². The van der Waals surface area contributed by atoms with Gasteiger partial charge < -0.3 is 84.9 Å². The molecule has 0 fully saturated rings. The van der Waals surface area contributed by atoms with Gasteiger partial charge in [-0.25, -0.2) is 10.9 Å². The number of allylic oxidation sites excluding steroid dienone is 2. The van der Waals surface area contributed by atoms with Gasteiger partial charge in [0.2, 0.25) is 82.5 Å². The van der Waals surface area contributed by atoms with Crippen molar-refractivity contribution in [3.8, 4) is 5.75 Å². The molecule has 0 spiro atoms. The first-order valence-electron chi connectivity index (χ1n) is 37.5. The monoisotopic (exact) mass is 1530 g/mol. The van der Waals surface area contributed by atoms with Gasteiger partial charge in [0, 0.05) is 49.7 Å². The number of nitrogens with two attached hydrogens (primary N) is 2. The van der Waals surface area contributed by atoms with Crippen LogP contribution in [0.15, 0.2) is 97.2 Å². The molecule has 32 heteroatoms. The van der Waals surface area contributed by atoms with Crippen LogP contribution in [0.4, 0.5) is 0 Å². The van der Waals surface area contributed by atoms with Crippen molar-refractivity contribution in [2.75, 3.05) is 6.61 Å². The van der Waals surface area contributed by atoms with Crippen LogP contribution in [-0.4, -0.2) is 187 Å². The summed E-state index contributed by atoms with van der Waals surface area (Å²) in [5.41, 5.74) is 15.4. The Hall–Kier alpha value is -10.4. The zero-order chi connectivity index (χ0) is 81.6. The number of hydrazine groups is 1. The molecule has 1 aliphatic rings. The minimum Gasteiger partial charge on any atom is -0.508 e. The summed E-state index contributed by atoms with van der Waals surface area (Å²) < 4.78 is 0. The van der Waals surface area contributed by atoms with Crippen LogP contribution in [0, 0.1) is 11.8 Å². The highest BCUT2D eigenvalue weighted by Gasteiger charge is 2.42. The number of aromatic nitrogens is 1. The van der Waals surface area contributed by atoms with Crippen molar-refractivity contribution in [1.29, 1.82) is 0 Å². The van der Waals surface area contributed by atoms with E-state index in [1.807, 2.05) is 26.0 Å². The number of ketones is 2. The molecule has 0 bridgehead atoms. The highest BCUT2D eigenvalue weighted by molar-refractivity contribution is 6.41. The van der Waals surface area contributed by atoms with E-state index in [9.17, 15) is 68.1 Å². The molecule has 3 aromatic carbocycles. The van der Waals surface area contributed by atoms with Crippen LogP contribution in [0.2, 0.25) is 0 Å². The highest BCUT2D eigenvalue weighted by Crippen LogP contribution is 2.23. The van der Waals surface area contributed by atoms with E-state index in [1.54, 1.807) is 74.6 Å². The number of para-hydroxylation sites is 1. The molecule has 1 aromatic heterocycles. The van der Waals surface area contributed by atoms with E-state index in [2.05, 4.69) is 69.0 Å². The molecule has 0 aliphatic carbocycles. The van der Waals surface area contributed by atoms with Crippen LogP contribution in [0.25, 0.3) is 10.9 Å². The Balaban J connectivity index is 1.58. The second kappa shape index (κ2) is 43.7. The first-order valence-corrected chi connectivity index (χ1v) is 37.5. The predicted octanol–water partition coefficient (Wildman–Crippen LogP) is 0.856. The number of amides is 12.